The molecule has 3 rings (SSSR count). The number of nitrogens with one attached hydrogen (secondary N) is 1. The van der Waals surface area contributed by atoms with Gasteiger partial charge in [0, 0.05) is 31.7 Å². The van der Waals surface area contributed by atoms with E-state index < -0.39 is 0 Å². The highest BCUT2D eigenvalue weighted by Gasteiger charge is 2.12. The maximum absolute atomic E-state index is 4.37. The fourth-order valence-electron chi connectivity index (χ4n) is 2.45. The van der Waals surface area contributed by atoms with E-state index in [1.807, 2.05) is 0 Å². The van der Waals surface area contributed by atoms with E-state index in [9.17, 15) is 0 Å². The topological polar surface area (TPSA) is 41.0 Å². The lowest BCUT2D eigenvalue weighted by Crippen LogP contribution is -2.43. The van der Waals surface area contributed by atoms with Gasteiger partial charge in [0.1, 0.15) is 0 Å². The highest BCUT2D eigenvalue weighted by atomic mass is 15.3. The molecule has 0 saturated carbocycles. The number of aromatic nitrogens is 2. The third kappa shape index (κ3) is 2.80. The molecule has 0 amide bonds. The maximum atomic E-state index is 4.37. The molecule has 4 nitrogen and oxygen atoms in total. The summed E-state index contributed by atoms with van der Waals surface area (Å²) in [5, 5.41) is 12.1. The molecule has 0 spiro atoms. The molecule has 1 saturated heterocycles. The highest BCUT2D eigenvalue weighted by Crippen LogP contribution is 2.19. The van der Waals surface area contributed by atoms with Crippen LogP contribution < -0.4 is 10.2 Å². The predicted molar refractivity (Wildman–Crippen MR) is 81.9 cm³/mol. The van der Waals surface area contributed by atoms with E-state index in [4.69, 9.17) is 0 Å². The molecule has 0 aliphatic carbocycles. The lowest BCUT2D eigenvalue weighted by Gasteiger charge is -2.27. The smallest absolute Gasteiger partial charge is 0.151 e. The normalized spacial score (nSPS) is 15.3. The number of anilines is 1. The van der Waals surface area contributed by atoms with Gasteiger partial charge in [0.2, 0.25) is 0 Å². The lowest BCUT2D eigenvalue weighted by molar-refractivity contribution is 0.583. The van der Waals surface area contributed by atoms with Gasteiger partial charge in [-0.3, -0.25) is 0 Å². The summed E-state index contributed by atoms with van der Waals surface area (Å²) < 4.78 is 0. The zero-order valence-corrected chi connectivity index (χ0v) is 11.8. The van der Waals surface area contributed by atoms with Crippen molar-refractivity contribution < 1.29 is 0 Å². The molecule has 104 valence electrons. The SMILES string of the molecule is CCc1ccc(-c2ccc(N3CCNCC3)nn2)cc1. The van der Waals surface area contributed by atoms with Gasteiger partial charge >= 0.3 is 0 Å². The summed E-state index contributed by atoms with van der Waals surface area (Å²) in [7, 11) is 0. The van der Waals surface area contributed by atoms with E-state index in [1.165, 1.54) is 5.56 Å². The van der Waals surface area contributed by atoms with Crippen LogP contribution in [0, 0.1) is 0 Å². The molecule has 0 radical (unpaired) electrons. The van der Waals surface area contributed by atoms with Crippen molar-refractivity contribution in [3.63, 3.8) is 0 Å². The Morgan fingerprint density at radius 2 is 1.75 bits per heavy atom. The molecule has 0 atom stereocenters. The monoisotopic (exact) mass is 268 g/mol. The van der Waals surface area contributed by atoms with Crippen LogP contribution in [0.2, 0.25) is 0 Å². The van der Waals surface area contributed by atoms with E-state index in [1.54, 1.807) is 0 Å². The average molecular weight is 268 g/mol. The molecule has 20 heavy (non-hydrogen) atoms. The number of piperazine rings is 1. The van der Waals surface area contributed by atoms with Crippen LogP contribution in [0.1, 0.15) is 12.5 Å². The fraction of sp³-hybridized carbons (Fsp3) is 0.375. The molecule has 0 unspecified atom stereocenters. The molecule has 2 heterocycles. The van der Waals surface area contributed by atoms with Gasteiger partial charge in [-0.05, 0) is 24.1 Å². The van der Waals surface area contributed by atoms with Crippen molar-refractivity contribution in [3.8, 4) is 11.3 Å². The standard InChI is InChI=1S/C16H20N4/c1-2-13-3-5-14(6-4-13)15-7-8-16(19-18-15)20-11-9-17-10-12-20/h3-8,17H,2,9-12H2,1H3. The van der Waals surface area contributed by atoms with Crippen LogP contribution >= 0.6 is 0 Å². The molecular weight excluding hydrogens is 248 g/mol. The van der Waals surface area contributed by atoms with E-state index in [0.717, 1.165) is 49.7 Å². The zero-order valence-electron chi connectivity index (χ0n) is 11.8. The molecule has 1 fully saturated rings. The summed E-state index contributed by atoms with van der Waals surface area (Å²) in [4.78, 5) is 2.27. The lowest BCUT2D eigenvalue weighted by atomic mass is 10.1. The minimum absolute atomic E-state index is 0.937. The van der Waals surface area contributed by atoms with Gasteiger partial charge in [0.15, 0.2) is 5.82 Å². The minimum atomic E-state index is 0.937. The Morgan fingerprint density at radius 3 is 2.35 bits per heavy atom. The van der Waals surface area contributed by atoms with Crippen molar-refractivity contribution in [1.82, 2.24) is 15.5 Å². The second kappa shape index (κ2) is 6.01. The van der Waals surface area contributed by atoms with Crippen LogP contribution in [-0.4, -0.2) is 36.4 Å². The molecule has 0 bridgehead atoms. The van der Waals surface area contributed by atoms with E-state index in [0.29, 0.717) is 0 Å². The maximum Gasteiger partial charge on any atom is 0.151 e. The van der Waals surface area contributed by atoms with Gasteiger partial charge < -0.3 is 10.2 Å². The molecule has 1 aliphatic heterocycles. The fourth-order valence-corrected chi connectivity index (χ4v) is 2.45. The summed E-state index contributed by atoms with van der Waals surface area (Å²) in [5.41, 5.74) is 3.41. The average Bonchev–Trinajstić information content (AvgIpc) is 2.56. The van der Waals surface area contributed by atoms with Crippen molar-refractivity contribution in [1.29, 1.82) is 0 Å². The summed E-state index contributed by atoms with van der Waals surface area (Å²) in [5.74, 6) is 0.973. The Kier molecular flexibility index (Phi) is 3.92. The van der Waals surface area contributed by atoms with Gasteiger partial charge in [-0.15, -0.1) is 10.2 Å². The number of benzene rings is 1. The van der Waals surface area contributed by atoms with Crippen molar-refractivity contribution in [2.24, 2.45) is 0 Å². The van der Waals surface area contributed by atoms with Gasteiger partial charge in [0.25, 0.3) is 0 Å². The molecule has 4 heteroatoms. The molecule has 1 aromatic heterocycles. The van der Waals surface area contributed by atoms with E-state index in [-0.39, 0.29) is 0 Å². The Labute approximate surface area is 119 Å². The first-order valence-electron chi connectivity index (χ1n) is 7.25. The molecule has 1 aliphatic rings. The second-order valence-corrected chi connectivity index (χ2v) is 5.06. The largest absolute Gasteiger partial charge is 0.353 e. The first kappa shape index (κ1) is 13.1. The Balaban J connectivity index is 1.77. The summed E-state index contributed by atoms with van der Waals surface area (Å²) in [6.45, 7) is 6.19. The number of hydrogen-bond donors (Lipinski definition) is 1. The summed E-state index contributed by atoms with van der Waals surface area (Å²) >= 11 is 0. The molecular formula is C16H20N4. The highest BCUT2D eigenvalue weighted by molar-refractivity contribution is 5.60. The Morgan fingerprint density at radius 1 is 1.00 bits per heavy atom. The molecule has 1 N–H and O–H groups in total. The molecule has 1 aromatic carbocycles. The van der Waals surface area contributed by atoms with Gasteiger partial charge in [-0.2, -0.15) is 0 Å². The number of hydrogen-bond acceptors (Lipinski definition) is 4. The Hall–Kier alpha value is -1.94. The van der Waals surface area contributed by atoms with Crippen molar-refractivity contribution in [2.75, 3.05) is 31.1 Å². The van der Waals surface area contributed by atoms with Crippen LogP contribution in [0.5, 0.6) is 0 Å². The number of nitrogens with zero attached hydrogens (tertiary/aromatic N) is 3. The van der Waals surface area contributed by atoms with E-state index >= 15 is 0 Å². The third-order valence-corrected chi connectivity index (χ3v) is 3.75. The van der Waals surface area contributed by atoms with Crippen LogP contribution in [0.3, 0.4) is 0 Å². The van der Waals surface area contributed by atoms with Crippen LogP contribution in [0.25, 0.3) is 11.3 Å². The summed E-state index contributed by atoms with van der Waals surface area (Å²) in [6.07, 6.45) is 1.06. The van der Waals surface area contributed by atoms with Crippen LogP contribution in [0.15, 0.2) is 36.4 Å². The Bertz CT molecular complexity index is 542. The third-order valence-electron chi connectivity index (χ3n) is 3.75. The summed E-state index contributed by atoms with van der Waals surface area (Å²) in [6, 6.07) is 12.7. The first-order chi connectivity index (χ1) is 9.86. The zero-order chi connectivity index (χ0) is 13.8. The first-order valence-corrected chi connectivity index (χ1v) is 7.25. The van der Waals surface area contributed by atoms with Crippen molar-refractivity contribution >= 4 is 5.82 Å². The molecule has 2 aromatic rings. The minimum Gasteiger partial charge on any atom is -0.353 e. The van der Waals surface area contributed by atoms with Crippen LogP contribution in [0.4, 0.5) is 5.82 Å². The van der Waals surface area contributed by atoms with Crippen molar-refractivity contribution in [3.05, 3.63) is 42.0 Å². The second-order valence-electron chi connectivity index (χ2n) is 5.06. The van der Waals surface area contributed by atoms with Gasteiger partial charge in [-0.1, -0.05) is 31.2 Å². The van der Waals surface area contributed by atoms with E-state index in [2.05, 4.69) is 63.7 Å². The predicted octanol–water partition coefficient (Wildman–Crippen LogP) is 2.12. The van der Waals surface area contributed by atoms with Gasteiger partial charge in [-0.25, -0.2) is 0 Å². The number of rotatable bonds is 3. The van der Waals surface area contributed by atoms with Gasteiger partial charge in [0.05, 0.1) is 5.69 Å². The quantitative estimate of drug-likeness (QED) is 0.925. The van der Waals surface area contributed by atoms with Crippen molar-refractivity contribution in [2.45, 2.75) is 13.3 Å². The van der Waals surface area contributed by atoms with Crippen LogP contribution in [-0.2, 0) is 6.42 Å². The number of aryl methyl sites for hydroxylation is 1.